The number of carbonyl (C=O) groups is 2. The van der Waals surface area contributed by atoms with E-state index < -0.39 is 17.9 Å². The Balaban J connectivity index is 3.20. The molecule has 1 atom stereocenters. The van der Waals surface area contributed by atoms with E-state index in [1.54, 1.807) is 6.92 Å². The monoisotopic (exact) mass is 209 g/mol. The topological polar surface area (TPSA) is 87.5 Å². The molecule has 0 radical (unpaired) electrons. The van der Waals surface area contributed by atoms with Gasteiger partial charge < -0.3 is 10.2 Å². The highest BCUT2D eigenvalue weighted by Crippen LogP contribution is 2.15. The van der Waals surface area contributed by atoms with Crippen molar-refractivity contribution in [3.8, 4) is 0 Å². The first-order valence-electron chi connectivity index (χ1n) is 4.36. The molecule has 0 aliphatic rings. The highest BCUT2D eigenvalue weighted by Gasteiger charge is 2.17. The second-order valence-corrected chi connectivity index (χ2v) is 3.29. The fourth-order valence-corrected chi connectivity index (χ4v) is 1.17. The van der Waals surface area contributed by atoms with Gasteiger partial charge in [0.1, 0.15) is 0 Å². The van der Waals surface area contributed by atoms with Gasteiger partial charge in [0, 0.05) is 5.69 Å². The maximum atomic E-state index is 10.7. The molecule has 0 saturated carbocycles. The van der Waals surface area contributed by atoms with Crippen LogP contribution in [0, 0.1) is 6.92 Å². The average molecular weight is 209 g/mol. The van der Waals surface area contributed by atoms with Crippen molar-refractivity contribution < 1.29 is 19.8 Å². The highest BCUT2D eigenvalue weighted by atomic mass is 16.4. The lowest BCUT2D eigenvalue weighted by atomic mass is 10.0. The summed E-state index contributed by atoms with van der Waals surface area (Å²) < 4.78 is 0. The first-order chi connectivity index (χ1) is 6.91. The summed E-state index contributed by atoms with van der Waals surface area (Å²) in [5, 5.41) is 17.5. The van der Waals surface area contributed by atoms with E-state index in [0.29, 0.717) is 5.69 Å². The molecule has 0 amide bonds. The first kappa shape index (κ1) is 11.2. The van der Waals surface area contributed by atoms with E-state index in [4.69, 9.17) is 10.2 Å². The molecule has 1 heterocycles. The molecule has 2 N–H and O–H groups in total. The van der Waals surface area contributed by atoms with Crippen molar-refractivity contribution in [1.29, 1.82) is 0 Å². The van der Waals surface area contributed by atoms with Crippen LogP contribution in [-0.2, 0) is 4.79 Å². The molecule has 0 bridgehead atoms. The van der Waals surface area contributed by atoms with Crippen LogP contribution in [-0.4, -0.2) is 27.1 Å². The van der Waals surface area contributed by atoms with Gasteiger partial charge in [-0.3, -0.25) is 9.78 Å². The maximum absolute atomic E-state index is 10.7. The maximum Gasteiger partial charge on any atom is 0.335 e. The predicted octanol–water partition coefficient (Wildman–Crippen LogP) is 1.28. The van der Waals surface area contributed by atoms with Gasteiger partial charge >= 0.3 is 11.9 Å². The molecule has 0 aliphatic heterocycles. The van der Waals surface area contributed by atoms with Gasteiger partial charge in [0.05, 0.1) is 17.2 Å². The minimum atomic E-state index is -1.08. The fourth-order valence-electron chi connectivity index (χ4n) is 1.17. The summed E-state index contributed by atoms with van der Waals surface area (Å²) in [5.41, 5.74) is 0.823. The molecular formula is C10H11NO4. The Morgan fingerprint density at radius 1 is 1.33 bits per heavy atom. The van der Waals surface area contributed by atoms with Crippen LogP contribution in [0.5, 0.6) is 0 Å². The van der Waals surface area contributed by atoms with E-state index in [1.165, 1.54) is 19.1 Å². The van der Waals surface area contributed by atoms with Gasteiger partial charge in [0.25, 0.3) is 0 Å². The van der Waals surface area contributed by atoms with E-state index >= 15 is 0 Å². The number of hydrogen-bond donors (Lipinski definition) is 2. The SMILES string of the molecule is Cc1cc(C(=O)O)cc(C(C)C(=O)O)n1. The quantitative estimate of drug-likeness (QED) is 0.782. The van der Waals surface area contributed by atoms with Gasteiger partial charge in [-0.05, 0) is 26.0 Å². The van der Waals surface area contributed by atoms with Crippen LogP contribution in [0.4, 0.5) is 0 Å². The van der Waals surface area contributed by atoms with Gasteiger partial charge in [0.2, 0.25) is 0 Å². The number of aromatic nitrogens is 1. The minimum Gasteiger partial charge on any atom is -0.481 e. The Morgan fingerprint density at radius 3 is 2.40 bits per heavy atom. The number of hydrogen-bond acceptors (Lipinski definition) is 3. The molecule has 0 spiro atoms. The Hall–Kier alpha value is -1.91. The van der Waals surface area contributed by atoms with Crippen LogP contribution >= 0.6 is 0 Å². The zero-order chi connectivity index (χ0) is 11.6. The highest BCUT2D eigenvalue weighted by molar-refractivity contribution is 5.88. The van der Waals surface area contributed by atoms with Crippen molar-refractivity contribution in [3.05, 3.63) is 29.1 Å². The van der Waals surface area contributed by atoms with E-state index in [0.717, 1.165) is 0 Å². The van der Waals surface area contributed by atoms with E-state index in [1.807, 2.05) is 0 Å². The fraction of sp³-hybridized carbons (Fsp3) is 0.300. The number of carboxylic acid groups (broad SMARTS) is 2. The summed E-state index contributed by atoms with van der Waals surface area (Å²) >= 11 is 0. The second-order valence-electron chi connectivity index (χ2n) is 3.29. The Bertz CT molecular complexity index is 414. The van der Waals surface area contributed by atoms with Crippen LogP contribution in [0.1, 0.15) is 34.6 Å². The molecule has 0 fully saturated rings. The summed E-state index contributed by atoms with van der Waals surface area (Å²) in [6.07, 6.45) is 0. The lowest BCUT2D eigenvalue weighted by Crippen LogP contribution is -2.11. The van der Waals surface area contributed by atoms with Crippen LogP contribution in [0.3, 0.4) is 0 Å². The minimum absolute atomic E-state index is 0.0607. The third kappa shape index (κ3) is 2.52. The number of nitrogens with zero attached hydrogens (tertiary/aromatic N) is 1. The molecule has 5 nitrogen and oxygen atoms in total. The van der Waals surface area contributed by atoms with Gasteiger partial charge in [-0.15, -0.1) is 0 Å². The molecule has 0 aromatic carbocycles. The van der Waals surface area contributed by atoms with Gasteiger partial charge in [-0.2, -0.15) is 0 Å². The number of carboxylic acids is 2. The predicted molar refractivity (Wildman–Crippen MR) is 52.0 cm³/mol. The standard InChI is InChI=1S/C10H11NO4/c1-5-3-7(10(14)15)4-8(11-5)6(2)9(12)13/h3-4,6H,1-2H3,(H,12,13)(H,14,15). The summed E-state index contributed by atoms with van der Waals surface area (Å²) in [7, 11) is 0. The molecule has 80 valence electrons. The van der Waals surface area contributed by atoms with E-state index in [2.05, 4.69) is 4.98 Å². The molecule has 0 aliphatic carbocycles. The van der Waals surface area contributed by atoms with Crippen LogP contribution in [0.15, 0.2) is 12.1 Å². The Morgan fingerprint density at radius 2 is 1.93 bits per heavy atom. The van der Waals surface area contributed by atoms with Crippen LogP contribution in [0.25, 0.3) is 0 Å². The third-order valence-electron chi connectivity index (χ3n) is 2.03. The van der Waals surface area contributed by atoms with Crippen molar-refractivity contribution in [1.82, 2.24) is 4.98 Å². The van der Waals surface area contributed by atoms with Crippen molar-refractivity contribution in [2.45, 2.75) is 19.8 Å². The molecule has 5 heteroatoms. The normalized spacial score (nSPS) is 12.1. The zero-order valence-corrected chi connectivity index (χ0v) is 8.39. The second kappa shape index (κ2) is 4.08. The van der Waals surface area contributed by atoms with Crippen molar-refractivity contribution in [3.63, 3.8) is 0 Å². The van der Waals surface area contributed by atoms with Crippen molar-refractivity contribution in [2.75, 3.05) is 0 Å². The smallest absolute Gasteiger partial charge is 0.335 e. The van der Waals surface area contributed by atoms with Crippen molar-refractivity contribution in [2.24, 2.45) is 0 Å². The van der Waals surface area contributed by atoms with Gasteiger partial charge in [-0.1, -0.05) is 0 Å². The van der Waals surface area contributed by atoms with E-state index in [9.17, 15) is 9.59 Å². The summed E-state index contributed by atoms with van der Waals surface area (Å²) in [6.45, 7) is 3.10. The zero-order valence-electron chi connectivity index (χ0n) is 8.39. The summed E-state index contributed by atoms with van der Waals surface area (Å²) in [6, 6.07) is 2.69. The lowest BCUT2D eigenvalue weighted by molar-refractivity contribution is -0.138. The van der Waals surface area contributed by atoms with Crippen LogP contribution < -0.4 is 0 Å². The van der Waals surface area contributed by atoms with Crippen molar-refractivity contribution >= 4 is 11.9 Å². The molecule has 1 aromatic heterocycles. The molecule has 1 rings (SSSR count). The third-order valence-corrected chi connectivity index (χ3v) is 2.03. The number of pyridine rings is 1. The molecule has 15 heavy (non-hydrogen) atoms. The van der Waals surface area contributed by atoms with Crippen LogP contribution in [0.2, 0.25) is 0 Å². The largest absolute Gasteiger partial charge is 0.481 e. The Labute approximate surface area is 86.4 Å². The number of aromatic carboxylic acids is 1. The molecule has 1 aromatic rings. The average Bonchev–Trinajstić information content (AvgIpc) is 2.15. The number of aliphatic carboxylic acids is 1. The summed E-state index contributed by atoms with van der Waals surface area (Å²) in [5.74, 6) is -2.91. The molecular weight excluding hydrogens is 198 g/mol. The van der Waals surface area contributed by atoms with Gasteiger partial charge in [0.15, 0.2) is 0 Å². The molecule has 0 saturated heterocycles. The first-order valence-corrected chi connectivity index (χ1v) is 4.36. The summed E-state index contributed by atoms with van der Waals surface area (Å²) in [4.78, 5) is 25.4. The number of aryl methyl sites for hydroxylation is 1. The van der Waals surface area contributed by atoms with E-state index in [-0.39, 0.29) is 11.3 Å². The molecule has 1 unspecified atom stereocenters. The lowest BCUT2D eigenvalue weighted by Gasteiger charge is -2.07. The Kier molecular flexibility index (Phi) is 3.04. The van der Waals surface area contributed by atoms with Gasteiger partial charge in [-0.25, -0.2) is 4.79 Å². The number of rotatable bonds is 3.